The SMILES string of the molecule is OCCOCCc1ccnnn1. The highest BCUT2D eigenvalue weighted by molar-refractivity contribution is 4.94. The Balaban J connectivity index is 2.16. The van der Waals surface area contributed by atoms with Gasteiger partial charge in [0.2, 0.25) is 0 Å². The molecule has 1 rings (SSSR count). The smallest absolute Gasteiger partial charge is 0.0697 e. The van der Waals surface area contributed by atoms with Crippen LogP contribution in [-0.4, -0.2) is 40.3 Å². The molecule has 0 aliphatic heterocycles. The number of aliphatic hydroxyl groups excluding tert-OH is 1. The summed E-state index contributed by atoms with van der Waals surface area (Å²) in [4.78, 5) is 0. The molecule has 0 radical (unpaired) electrons. The molecule has 66 valence electrons. The number of nitrogens with zero attached hydrogens (tertiary/aromatic N) is 3. The maximum absolute atomic E-state index is 8.40. The largest absolute Gasteiger partial charge is 0.394 e. The highest BCUT2D eigenvalue weighted by Gasteiger charge is 1.93. The van der Waals surface area contributed by atoms with Gasteiger partial charge >= 0.3 is 0 Å². The minimum Gasteiger partial charge on any atom is -0.394 e. The molecule has 5 nitrogen and oxygen atoms in total. The average Bonchev–Trinajstić information content (AvgIpc) is 2.14. The van der Waals surface area contributed by atoms with E-state index in [2.05, 4.69) is 15.4 Å². The van der Waals surface area contributed by atoms with Crippen LogP contribution in [0, 0.1) is 0 Å². The Morgan fingerprint density at radius 2 is 2.33 bits per heavy atom. The lowest BCUT2D eigenvalue weighted by Gasteiger charge is -1.99. The molecule has 1 N–H and O–H groups in total. The Morgan fingerprint density at radius 3 is 3.00 bits per heavy atom. The molecule has 0 aliphatic carbocycles. The highest BCUT2D eigenvalue weighted by atomic mass is 16.5. The predicted molar refractivity (Wildman–Crippen MR) is 41.4 cm³/mol. The van der Waals surface area contributed by atoms with Crippen LogP contribution in [0.4, 0.5) is 0 Å². The van der Waals surface area contributed by atoms with E-state index in [9.17, 15) is 0 Å². The number of aliphatic hydroxyl groups is 1. The van der Waals surface area contributed by atoms with E-state index in [4.69, 9.17) is 9.84 Å². The zero-order valence-corrected chi connectivity index (χ0v) is 6.68. The van der Waals surface area contributed by atoms with Crippen LogP contribution >= 0.6 is 0 Å². The lowest BCUT2D eigenvalue weighted by Crippen LogP contribution is -2.04. The van der Waals surface area contributed by atoms with Crippen molar-refractivity contribution in [1.29, 1.82) is 0 Å². The van der Waals surface area contributed by atoms with E-state index >= 15 is 0 Å². The van der Waals surface area contributed by atoms with E-state index in [1.165, 1.54) is 0 Å². The molecule has 0 atom stereocenters. The molecule has 5 heteroatoms. The lowest BCUT2D eigenvalue weighted by atomic mass is 10.3. The van der Waals surface area contributed by atoms with Crippen molar-refractivity contribution in [1.82, 2.24) is 15.4 Å². The zero-order valence-electron chi connectivity index (χ0n) is 6.68. The maximum atomic E-state index is 8.40. The van der Waals surface area contributed by atoms with E-state index < -0.39 is 0 Å². The van der Waals surface area contributed by atoms with Gasteiger partial charge in [0, 0.05) is 6.42 Å². The van der Waals surface area contributed by atoms with E-state index in [1.807, 2.05) is 0 Å². The first kappa shape index (κ1) is 9.02. The Labute approximate surface area is 70.4 Å². The second kappa shape index (κ2) is 5.56. The van der Waals surface area contributed by atoms with Crippen LogP contribution in [-0.2, 0) is 11.2 Å². The van der Waals surface area contributed by atoms with E-state index in [0.29, 0.717) is 19.6 Å². The lowest BCUT2D eigenvalue weighted by molar-refractivity contribution is 0.0939. The molecule has 12 heavy (non-hydrogen) atoms. The summed E-state index contributed by atoms with van der Waals surface area (Å²) in [6.45, 7) is 0.986. The molecular formula is C7H11N3O2. The van der Waals surface area contributed by atoms with Crippen molar-refractivity contribution < 1.29 is 9.84 Å². The van der Waals surface area contributed by atoms with Crippen LogP contribution in [0.25, 0.3) is 0 Å². The topological polar surface area (TPSA) is 68.1 Å². The van der Waals surface area contributed by atoms with Crippen LogP contribution in [0.3, 0.4) is 0 Å². The number of aromatic nitrogens is 3. The summed E-state index contributed by atoms with van der Waals surface area (Å²) in [5.74, 6) is 0. The summed E-state index contributed by atoms with van der Waals surface area (Å²) in [7, 11) is 0. The third-order valence-electron chi connectivity index (χ3n) is 1.30. The number of ether oxygens (including phenoxy) is 1. The van der Waals surface area contributed by atoms with E-state index in [0.717, 1.165) is 5.69 Å². The fraction of sp³-hybridized carbons (Fsp3) is 0.571. The first-order valence-electron chi connectivity index (χ1n) is 3.75. The summed E-state index contributed by atoms with van der Waals surface area (Å²) in [5, 5.41) is 19.2. The normalized spacial score (nSPS) is 10.1. The monoisotopic (exact) mass is 169 g/mol. The molecule has 1 aromatic rings. The number of hydrogen-bond acceptors (Lipinski definition) is 5. The molecule has 1 heterocycles. The zero-order chi connectivity index (χ0) is 8.65. The molecule has 0 aliphatic rings. The Morgan fingerprint density at radius 1 is 1.42 bits per heavy atom. The first-order chi connectivity index (χ1) is 5.93. The predicted octanol–water partition coefficient (Wildman–Crippen LogP) is -0.577. The fourth-order valence-electron chi connectivity index (χ4n) is 0.742. The third-order valence-corrected chi connectivity index (χ3v) is 1.30. The quantitative estimate of drug-likeness (QED) is 0.597. The van der Waals surface area contributed by atoms with Crippen molar-refractivity contribution in [3.8, 4) is 0 Å². The van der Waals surface area contributed by atoms with Gasteiger partial charge in [-0.05, 0) is 11.3 Å². The van der Waals surface area contributed by atoms with Crippen molar-refractivity contribution in [2.45, 2.75) is 6.42 Å². The maximum Gasteiger partial charge on any atom is 0.0697 e. The van der Waals surface area contributed by atoms with Crippen LogP contribution in [0.5, 0.6) is 0 Å². The number of hydrogen-bond donors (Lipinski definition) is 1. The second-order valence-electron chi connectivity index (χ2n) is 2.20. The van der Waals surface area contributed by atoms with E-state index in [-0.39, 0.29) is 6.61 Å². The van der Waals surface area contributed by atoms with Crippen molar-refractivity contribution in [2.75, 3.05) is 19.8 Å². The Bertz CT molecular complexity index is 205. The minimum absolute atomic E-state index is 0.0576. The van der Waals surface area contributed by atoms with Gasteiger partial charge in [0.05, 0.1) is 31.7 Å². The number of rotatable bonds is 5. The van der Waals surface area contributed by atoms with Crippen LogP contribution < -0.4 is 0 Å². The molecule has 0 saturated heterocycles. The Hall–Kier alpha value is -1.07. The van der Waals surface area contributed by atoms with Gasteiger partial charge in [0.1, 0.15) is 0 Å². The molecule has 0 unspecified atom stereocenters. The summed E-state index contributed by atoms with van der Waals surface area (Å²) in [6, 6.07) is 1.79. The molecule has 0 bridgehead atoms. The van der Waals surface area contributed by atoms with Gasteiger partial charge < -0.3 is 9.84 Å². The van der Waals surface area contributed by atoms with Crippen molar-refractivity contribution >= 4 is 0 Å². The van der Waals surface area contributed by atoms with Gasteiger partial charge in [-0.25, -0.2) is 0 Å². The average molecular weight is 169 g/mol. The molecule has 0 saturated carbocycles. The molecule has 0 fully saturated rings. The van der Waals surface area contributed by atoms with Crippen molar-refractivity contribution in [2.24, 2.45) is 0 Å². The van der Waals surface area contributed by atoms with Crippen molar-refractivity contribution in [3.05, 3.63) is 18.0 Å². The van der Waals surface area contributed by atoms with Gasteiger partial charge in [-0.15, -0.1) is 10.2 Å². The summed E-state index contributed by atoms with van der Waals surface area (Å²) < 4.78 is 5.05. The molecule has 0 spiro atoms. The summed E-state index contributed by atoms with van der Waals surface area (Å²) >= 11 is 0. The molecule has 1 aromatic heterocycles. The Kier molecular flexibility index (Phi) is 4.18. The second-order valence-corrected chi connectivity index (χ2v) is 2.20. The summed E-state index contributed by atoms with van der Waals surface area (Å²) in [6.07, 6.45) is 2.30. The standard InChI is InChI=1S/C7H11N3O2/c11-4-6-12-5-2-7-1-3-8-10-9-7/h1,3,11H,2,4-6H2. The molecule has 0 aromatic carbocycles. The van der Waals surface area contributed by atoms with Gasteiger partial charge in [-0.1, -0.05) is 0 Å². The van der Waals surface area contributed by atoms with Gasteiger partial charge in [-0.2, -0.15) is 0 Å². The fourth-order valence-corrected chi connectivity index (χ4v) is 0.742. The van der Waals surface area contributed by atoms with Gasteiger partial charge in [0.25, 0.3) is 0 Å². The molecule has 0 amide bonds. The van der Waals surface area contributed by atoms with Gasteiger partial charge in [-0.3, -0.25) is 0 Å². The van der Waals surface area contributed by atoms with Crippen LogP contribution in [0.1, 0.15) is 5.69 Å². The summed E-state index contributed by atoms with van der Waals surface area (Å²) in [5.41, 5.74) is 0.850. The van der Waals surface area contributed by atoms with Crippen molar-refractivity contribution in [3.63, 3.8) is 0 Å². The molecular weight excluding hydrogens is 158 g/mol. The first-order valence-corrected chi connectivity index (χ1v) is 3.75. The minimum atomic E-state index is 0.0576. The van der Waals surface area contributed by atoms with Gasteiger partial charge in [0.15, 0.2) is 0 Å². The van der Waals surface area contributed by atoms with Crippen LogP contribution in [0.2, 0.25) is 0 Å². The third kappa shape index (κ3) is 3.36. The van der Waals surface area contributed by atoms with E-state index in [1.54, 1.807) is 12.3 Å². The highest BCUT2D eigenvalue weighted by Crippen LogP contribution is 1.91. The van der Waals surface area contributed by atoms with Crippen LogP contribution in [0.15, 0.2) is 12.3 Å².